The highest BCUT2D eigenvalue weighted by Crippen LogP contribution is 2.33. The first-order valence-corrected chi connectivity index (χ1v) is 11.3. The molecule has 3 aromatic rings. The third-order valence-corrected chi connectivity index (χ3v) is 7.40. The lowest BCUT2D eigenvalue weighted by Crippen LogP contribution is -2.36. The van der Waals surface area contributed by atoms with Crippen LogP contribution in [0.3, 0.4) is 0 Å². The molecule has 0 fully saturated rings. The van der Waals surface area contributed by atoms with E-state index in [1.54, 1.807) is 4.90 Å². The molecule has 2 heterocycles. The molecule has 28 heavy (non-hydrogen) atoms. The summed E-state index contributed by atoms with van der Waals surface area (Å²) in [4.78, 5) is 18.3. The van der Waals surface area contributed by atoms with Crippen LogP contribution < -0.4 is 4.72 Å². The maximum atomic E-state index is 13.1. The topological polar surface area (TPSA) is 82.3 Å². The summed E-state index contributed by atoms with van der Waals surface area (Å²) in [6.45, 7) is 0.958. The van der Waals surface area contributed by atoms with Crippen LogP contribution in [0.5, 0.6) is 0 Å². The lowest BCUT2D eigenvalue weighted by molar-refractivity contribution is 0.0735. The Morgan fingerprint density at radius 2 is 2.07 bits per heavy atom. The van der Waals surface area contributed by atoms with Crippen molar-refractivity contribution in [2.75, 3.05) is 13.6 Å². The van der Waals surface area contributed by atoms with Gasteiger partial charge >= 0.3 is 0 Å². The Labute approximate surface area is 176 Å². The van der Waals surface area contributed by atoms with Gasteiger partial charge in [-0.2, -0.15) is 0 Å². The number of carbonyl (C=O) groups is 1. The Bertz CT molecular complexity index is 1210. The minimum absolute atomic E-state index is 0.0106. The second-order valence-electron chi connectivity index (χ2n) is 6.57. The normalized spacial score (nSPS) is 14.3. The largest absolute Gasteiger partial charge is 0.357 e. The third-order valence-electron chi connectivity index (χ3n) is 4.99. The first-order valence-electron chi connectivity index (χ1n) is 8.62. The third kappa shape index (κ3) is 3.24. The molecule has 0 saturated heterocycles. The molecule has 2 aromatic carbocycles. The summed E-state index contributed by atoms with van der Waals surface area (Å²) in [5.74, 6) is -0.284. The molecule has 9 heteroatoms. The van der Waals surface area contributed by atoms with Gasteiger partial charge in [0, 0.05) is 40.6 Å². The van der Waals surface area contributed by atoms with Crippen LogP contribution in [-0.2, 0) is 23.0 Å². The quantitative estimate of drug-likeness (QED) is 0.597. The Balaban J connectivity index is 1.70. The Morgan fingerprint density at radius 1 is 1.29 bits per heavy atom. The molecule has 0 unspecified atom stereocenters. The molecule has 0 atom stereocenters. The van der Waals surface area contributed by atoms with Gasteiger partial charge in [0.25, 0.3) is 5.91 Å². The highest BCUT2D eigenvalue weighted by atomic mass is 79.9. The van der Waals surface area contributed by atoms with Gasteiger partial charge in [-0.1, -0.05) is 23.7 Å². The molecule has 2 N–H and O–H groups in total. The summed E-state index contributed by atoms with van der Waals surface area (Å²) in [7, 11) is -2.34. The van der Waals surface area contributed by atoms with E-state index in [1.165, 1.54) is 25.2 Å². The van der Waals surface area contributed by atoms with E-state index >= 15 is 0 Å². The first kappa shape index (κ1) is 19.4. The van der Waals surface area contributed by atoms with Gasteiger partial charge in [-0.3, -0.25) is 4.79 Å². The van der Waals surface area contributed by atoms with Crippen LogP contribution in [0.4, 0.5) is 0 Å². The predicted molar refractivity (Wildman–Crippen MR) is 112 cm³/mol. The summed E-state index contributed by atoms with van der Waals surface area (Å²) >= 11 is 9.78. The monoisotopic (exact) mass is 481 g/mol. The van der Waals surface area contributed by atoms with Crippen molar-refractivity contribution < 1.29 is 13.2 Å². The minimum atomic E-state index is -3.66. The molecular formula is C19H17BrClN3O3S. The van der Waals surface area contributed by atoms with E-state index < -0.39 is 10.0 Å². The number of rotatable bonds is 3. The first-order chi connectivity index (χ1) is 13.3. The Morgan fingerprint density at radius 3 is 2.82 bits per heavy atom. The van der Waals surface area contributed by atoms with Crippen molar-refractivity contribution in [2.45, 2.75) is 17.9 Å². The van der Waals surface area contributed by atoms with Crippen molar-refractivity contribution in [3.8, 4) is 0 Å². The van der Waals surface area contributed by atoms with E-state index in [0.717, 1.165) is 26.6 Å². The summed E-state index contributed by atoms with van der Waals surface area (Å²) in [6.07, 6.45) is 0.689. The number of hydrogen-bond acceptors (Lipinski definition) is 3. The van der Waals surface area contributed by atoms with Crippen molar-refractivity contribution in [1.82, 2.24) is 14.6 Å². The van der Waals surface area contributed by atoms with Gasteiger partial charge in [0.2, 0.25) is 10.0 Å². The standard InChI is InChI=1S/C19H17BrClN3O3S/c1-22-28(26,27)11-5-6-16(21)13(9-11)19(25)24-8-7-17-14(10-24)12-3-2-4-15(20)18(12)23-17/h2-6,9,22-23H,7-8,10H2,1H3. The highest BCUT2D eigenvalue weighted by molar-refractivity contribution is 9.10. The van der Waals surface area contributed by atoms with Crippen LogP contribution in [0.1, 0.15) is 21.6 Å². The molecule has 0 aliphatic carbocycles. The summed E-state index contributed by atoms with van der Waals surface area (Å²) in [5.41, 5.74) is 3.39. The highest BCUT2D eigenvalue weighted by Gasteiger charge is 2.27. The molecule has 1 aliphatic heterocycles. The van der Waals surface area contributed by atoms with Crippen LogP contribution in [0, 0.1) is 0 Å². The Kier molecular flexibility index (Phi) is 4.99. The summed E-state index contributed by atoms with van der Waals surface area (Å²) in [6, 6.07) is 10.1. The van der Waals surface area contributed by atoms with Gasteiger partial charge in [0.15, 0.2) is 0 Å². The Hall–Kier alpha value is -1.87. The van der Waals surface area contributed by atoms with Crippen LogP contribution in [0.25, 0.3) is 10.9 Å². The van der Waals surface area contributed by atoms with Gasteiger partial charge in [-0.25, -0.2) is 13.1 Å². The lowest BCUT2D eigenvalue weighted by Gasteiger charge is -2.27. The average molecular weight is 483 g/mol. The number of H-pyrrole nitrogens is 1. The molecule has 1 amide bonds. The lowest BCUT2D eigenvalue weighted by atomic mass is 10.0. The van der Waals surface area contributed by atoms with Crippen LogP contribution in [-0.4, -0.2) is 37.8 Å². The molecule has 0 saturated carbocycles. The minimum Gasteiger partial charge on any atom is -0.357 e. The second-order valence-corrected chi connectivity index (χ2v) is 9.72. The fraction of sp³-hybridized carbons (Fsp3) is 0.211. The molecule has 146 valence electrons. The zero-order valence-corrected chi connectivity index (χ0v) is 18.1. The number of amides is 1. The number of halogens is 2. The summed E-state index contributed by atoms with van der Waals surface area (Å²) in [5, 5.41) is 1.30. The van der Waals surface area contributed by atoms with Gasteiger partial charge in [-0.05, 0) is 47.2 Å². The second kappa shape index (κ2) is 7.18. The molecule has 0 radical (unpaired) electrons. The number of para-hydroxylation sites is 1. The van der Waals surface area contributed by atoms with Crippen molar-refractivity contribution >= 4 is 54.4 Å². The molecular weight excluding hydrogens is 466 g/mol. The van der Waals surface area contributed by atoms with E-state index in [2.05, 4.69) is 25.6 Å². The van der Waals surface area contributed by atoms with Crippen LogP contribution in [0.15, 0.2) is 45.8 Å². The van der Waals surface area contributed by atoms with E-state index in [9.17, 15) is 13.2 Å². The zero-order valence-electron chi connectivity index (χ0n) is 14.9. The molecule has 0 spiro atoms. The number of nitrogens with zero attached hydrogens (tertiary/aromatic N) is 1. The molecule has 1 aromatic heterocycles. The number of fused-ring (bicyclic) bond motifs is 3. The van der Waals surface area contributed by atoms with Crippen LogP contribution >= 0.6 is 27.5 Å². The van der Waals surface area contributed by atoms with Gasteiger partial charge in [0.1, 0.15) is 0 Å². The molecule has 6 nitrogen and oxygen atoms in total. The number of carbonyl (C=O) groups excluding carboxylic acids is 1. The van der Waals surface area contributed by atoms with Gasteiger partial charge in [-0.15, -0.1) is 0 Å². The molecule has 4 rings (SSSR count). The van der Waals surface area contributed by atoms with Crippen molar-refractivity contribution in [3.05, 3.63) is 62.7 Å². The van der Waals surface area contributed by atoms with Crippen LogP contribution in [0.2, 0.25) is 5.02 Å². The summed E-state index contributed by atoms with van der Waals surface area (Å²) < 4.78 is 27.4. The SMILES string of the molecule is CNS(=O)(=O)c1ccc(Cl)c(C(=O)N2CCc3[nH]c4c(Br)cccc4c3C2)c1. The van der Waals surface area contributed by atoms with Crippen molar-refractivity contribution in [2.24, 2.45) is 0 Å². The fourth-order valence-electron chi connectivity index (χ4n) is 3.50. The van der Waals surface area contributed by atoms with E-state index in [-0.39, 0.29) is 21.4 Å². The zero-order chi connectivity index (χ0) is 20.1. The predicted octanol–water partition coefficient (Wildman–Crippen LogP) is 3.69. The number of benzene rings is 2. The number of aromatic nitrogens is 1. The average Bonchev–Trinajstić information content (AvgIpc) is 3.07. The number of sulfonamides is 1. The number of hydrogen-bond donors (Lipinski definition) is 2. The van der Waals surface area contributed by atoms with Gasteiger partial charge in [0.05, 0.1) is 21.0 Å². The molecule has 0 bridgehead atoms. The number of nitrogens with one attached hydrogen (secondary N) is 2. The smallest absolute Gasteiger partial charge is 0.255 e. The van der Waals surface area contributed by atoms with Gasteiger partial charge < -0.3 is 9.88 Å². The molecule has 1 aliphatic rings. The van der Waals surface area contributed by atoms with Crippen molar-refractivity contribution in [3.63, 3.8) is 0 Å². The van der Waals surface area contributed by atoms with E-state index in [1.807, 2.05) is 18.2 Å². The van der Waals surface area contributed by atoms with Crippen molar-refractivity contribution in [1.29, 1.82) is 0 Å². The van der Waals surface area contributed by atoms with E-state index in [4.69, 9.17) is 11.6 Å². The maximum Gasteiger partial charge on any atom is 0.255 e. The number of aromatic amines is 1. The fourth-order valence-corrected chi connectivity index (χ4v) is 4.92. The maximum absolute atomic E-state index is 13.1. The van der Waals surface area contributed by atoms with E-state index in [0.29, 0.717) is 19.5 Å².